The van der Waals surface area contributed by atoms with E-state index in [-0.39, 0.29) is 24.3 Å². The van der Waals surface area contributed by atoms with Crippen LogP contribution in [-0.2, 0) is 14.3 Å². The monoisotopic (exact) mass is 456 g/mol. The van der Waals surface area contributed by atoms with Gasteiger partial charge in [0.1, 0.15) is 5.00 Å². The van der Waals surface area contributed by atoms with Gasteiger partial charge < -0.3 is 19.7 Å². The van der Waals surface area contributed by atoms with E-state index in [4.69, 9.17) is 9.47 Å². The van der Waals surface area contributed by atoms with E-state index in [9.17, 15) is 9.59 Å². The number of carbonyl (C=O) groups is 2. The van der Waals surface area contributed by atoms with Crippen LogP contribution < -0.4 is 5.32 Å². The van der Waals surface area contributed by atoms with Gasteiger partial charge in [-0.1, -0.05) is 30.3 Å². The summed E-state index contributed by atoms with van der Waals surface area (Å²) in [5, 5.41) is 3.65. The largest absolute Gasteiger partial charge is 0.378 e. The van der Waals surface area contributed by atoms with Gasteiger partial charge in [-0.2, -0.15) is 0 Å². The van der Waals surface area contributed by atoms with Crippen LogP contribution in [0, 0.1) is 6.92 Å². The Hall–Kier alpha value is -2.22. The van der Waals surface area contributed by atoms with Gasteiger partial charge in [-0.25, -0.2) is 0 Å². The van der Waals surface area contributed by atoms with Crippen molar-refractivity contribution < 1.29 is 19.1 Å². The Morgan fingerprint density at radius 2 is 1.94 bits per heavy atom. The normalized spacial score (nSPS) is 18.7. The number of rotatable bonds is 8. The Morgan fingerprint density at radius 3 is 2.66 bits per heavy atom. The van der Waals surface area contributed by atoms with Gasteiger partial charge in [0.2, 0.25) is 5.91 Å². The Kier molecular flexibility index (Phi) is 7.95. The highest BCUT2D eigenvalue weighted by molar-refractivity contribution is 7.20. The van der Waals surface area contributed by atoms with Crippen LogP contribution in [0.15, 0.2) is 30.3 Å². The van der Waals surface area contributed by atoms with E-state index < -0.39 is 0 Å². The minimum absolute atomic E-state index is 0.0190. The number of nitrogens with zero attached hydrogens (tertiary/aromatic N) is 1. The molecule has 32 heavy (non-hydrogen) atoms. The van der Waals surface area contributed by atoms with Gasteiger partial charge in [-0.05, 0) is 50.2 Å². The van der Waals surface area contributed by atoms with E-state index in [1.54, 1.807) is 0 Å². The quantitative estimate of drug-likeness (QED) is 0.575. The highest BCUT2D eigenvalue weighted by Crippen LogP contribution is 2.40. The summed E-state index contributed by atoms with van der Waals surface area (Å²) in [6.07, 6.45) is 5.72. The molecule has 3 heterocycles. The molecule has 0 aliphatic carbocycles. The summed E-state index contributed by atoms with van der Waals surface area (Å²) >= 11 is 1.48. The number of hydrogen-bond acceptors (Lipinski definition) is 5. The first-order valence-corrected chi connectivity index (χ1v) is 12.4. The van der Waals surface area contributed by atoms with Crippen LogP contribution >= 0.6 is 11.3 Å². The lowest BCUT2D eigenvalue weighted by atomic mass is 10.0. The molecular weight excluding hydrogens is 424 g/mol. The Bertz CT molecular complexity index is 916. The van der Waals surface area contributed by atoms with E-state index in [1.807, 2.05) is 42.2 Å². The molecule has 4 rings (SSSR count). The third-order valence-electron chi connectivity index (χ3n) is 6.09. The minimum atomic E-state index is -0.133. The van der Waals surface area contributed by atoms with Gasteiger partial charge in [0.15, 0.2) is 0 Å². The maximum absolute atomic E-state index is 13.4. The highest BCUT2D eigenvalue weighted by Gasteiger charge is 2.27. The van der Waals surface area contributed by atoms with Gasteiger partial charge in [0.05, 0.1) is 31.3 Å². The first kappa shape index (κ1) is 23.0. The van der Waals surface area contributed by atoms with E-state index >= 15 is 0 Å². The molecule has 1 unspecified atom stereocenters. The zero-order valence-corrected chi connectivity index (χ0v) is 19.5. The third kappa shape index (κ3) is 5.57. The van der Waals surface area contributed by atoms with Crippen molar-refractivity contribution in [1.29, 1.82) is 0 Å². The molecule has 2 saturated heterocycles. The van der Waals surface area contributed by atoms with Crippen molar-refractivity contribution >= 4 is 28.2 Å². The molecule has 1 aromatic heterocycles. The molecule has 0 saturated carbocycles. The lowest BCUT2D eigenvalue weighted by Crippen LogP contribution is -2.36. The summed E-state index contributed by atoms with van der Waals surface area (Å²) in [6, 6.07) is 10.0. The SMILES string of the molecule is Cc1c(-c2ccccc2)sc(NC(=O)CCOCC2CCCO2)c1C(=O)N1CCCCC1. The number of nitrogens with one attached hydrogen (secondary N) is 1. The molecule has 0 radical (unpaired) electrons. The molecule has 1 N–H and O–H groups in total. The fourth-order valence-corrected chi connectivity index (χ4v) is 5.54. The first-order chi connectivity index (χ1) is 15.6. The number of carbonyl (C=O) groups excluding carboxylic acids is 2. The summed E-state index contributed by atoms with van der Waals surface area (Å²) in [5.41, 5.74) is 2.62. The Balaban J connectivity index is 1.47. The predicted molar refractivity (Wildman–Crippen MR) is 127 cm³/mol. The van der Waals surface area contributed by atoms with E-state index in [0.717, 1.165) is 67.8 Å². The number of likely N-dealkylation sites (tertiary alicyclic amines) is 1. The summed E-state index contributed by atoms with van der Waals surface area (Å²) in [6.45, 7) is 5.21. The maximum atomic E-state index is 13.4. The van der Waals surface area contributed by atoms with E-state index in [2.05, 4.69) is 5.32 Å². The van der Waals surface area contributed by atoms with Gasteiger partial charge in [0, 0.05) is 24.6 Å². The average molecular weight is 457 g/mol. The standard InChI is InChI=1S/C25H32N2O4S/c1-18-22(25(29)27-13-6-3-7-14-27)24(32-23(18)19-9-4-2-5-10-19)26-21(28)12-16-30-17-20-11-8-15-31-20/h2,4-5,9-10,20H,3,6-8,11-17H2,1H3,(H,26,28). The molecule has 7 heteroatoms. The highest BCUT2D eigenvalue weighted by atomic mass is 32.1. The number of benzene rings is 1. The number of hydrogen-bond donors (Lipinski definition) is 1. The summed E-state index contributed by atoms with van der Waals surface area (Å²) < 4.78 is 11.2. The number of anilines is 1. The zero-order chi connectivity index (χ0) is 22.3. The summed E-state index contributed by atoms with van der Waals surface area (Å²) in [4.78, 5) is 29.0. The molecular formula is C25H32N2O4S. The number of thiophene rings is 1. The molecule has 0 bridgehead atoms. The second-order valence-electron chi connectivity index (χ2n) is 8.49. The second-order valence-corrected chi connectivity index (χ2v) is 9.51. The molecule has 2 aliphatic rings. The Morgan fingerprint density at radius 1 is 1.16 bits per heavy atom. The maximum Gasteiger partial charge on any atom is 0.257 e. The predicted octanol–water partition coefficient (Wildman–Crippen LogP) is 4.87. The van der Waals surface area contributed by atoms with Crippen LogP contribution in [0.25, 0.3) is 10.4 Å². The van der Waals surface area contributed by atoms with Crippen molar-refractivity contribution in [2.24, 2.45) is 0 Å². The third-order valence-corrected chi connectivity index (χ3v) is 7.35. The van der Waals surface area contributed by atoms with E-state index in [0.29, 0.717) is 23.8 Å². The van der Waals surface area contributed by atoms with Gasteiger partial charge >= 0.3 is 0 Å². The molecule has 0 spiro atoms. The van der Waals surface area contributed by atoms with Gasteiger partial charge in [-0.3, -0.25) is 9.59 Å². The number of piperidine rings is 1. The molecule has 2 aliphatic heterocycles. The van der Waals surface area contributed by atoms with Crippen LogP contribution in [0.4, 0.5) is 5.00 Å². The fraction of sp³-hybridized carbons (Fsp3) is 0.520. The van der Waals surface area contributed by atoms with Crippen molar-refractivity contribution in [1.82, 2.24) is 4.90 Å². The van der Waals surface area contributed by atoms with Crippen molar-refractivity contribution in [3.63, 3.8) is 0 Å². The lowest BCUT2D eigenvalue weighted by Gasteiger charge is -2.27. The second kappa shape index (κ2) is 11.1. The molecule has 2 fully saturated rings. The summed E-state index contributed by atoms with van der Waals surface area (Å²) in [5.74, 6) is -0.114. The van der Waals surface area contributed by atoms with Crippen LogP contribution in [-0.4, -0.2) is 55.7 Å². The van der Waals surface area contributed by atoms with Crippen LogP contribution in [0.3, 0.4) is 0 Å². The molecule has 6 nitrogen and oxygen atoms in total. The van der Waals surface area contributed by atoms with Crippen molar-refractivity contribution in [2.45, 2.75) is 51.6 Å². The molecule has 1 atom stereocenters. The summed E-state index contributed by atoms with van der Waals surface area (Å²) in [7, 11) is 0. The topological polar surface area (TPSA) is 67.9 Å². The fourth-order valence-electron chi connectivity index (χ4n) is 4.32. The van der Waals surface area contributed by atoms with Crippen LogP contribution in [0.5, 0.6) is 0 Å². The first-order valence-electron chi connectivity index (χ1n) is 11.6. The number of amides is 2. The smallest absolute Gasteiger partial charge is 0.257 e. The van der Waals surface area contributed by atoms with Gasteiger partial charge in [0.25, 0.3) is 5.91 Å². The van der Waals surface area contributed by atoms with Gasteiger partial charge in [-0.15, -0.1) is 11.3 Å². The van der Waals surface area contributed by atoms with Crippen molar-refractivity contribution in [2.75, 3.05) is 38.2 Å². The zero-order valence-electron chi connectivity index (χ0n) is 18.7. The minimum Gasteiger partial charge on any atom is -0.378 e. The average Bonchev–Trinajstić information content (AvgIpc) is 3.45. The van der Waals surface area contributed by atoms with Crippen LogP contribution in [0.2, 0.25) is 0 Å². The van der Waals surface area contributed by atoms with Crippen LogP contribution in [0.1, 0.15) is 54.4 Å². The number of ether oxygens (including phenoxy) is 2. The Labute approximate surface area is 193 Å². The van der Waals surface area contributed by atoms with Crippen molar-refractivity contribution in [3.8, 4) is 10.4 Å². The molecule has 172 valence electrons. The molecule has 2 aromatic rings. The molecule has 1 aromatic carbocycles. The van der Waals surface area contributed by atoms with E-state index in [1.165, 1.54) is 11.3 Å². The van der Waals surface area contributed by atoms with Crippen molar-refractivity contribution in [3.05, 3.63) is 41.5 Å². The molecule has 2 amide bonds. The lowest BCUT2D eigenvalue weighted by molar-refractivity contribution is -0.117.